The van der Waals surface area contributed by atoms with Gasteiger partial charge in [0.05, 0.1) is 6.61 Å². The topological polar surface area (TPSA) is 135 Å². The molecule has 0 aromatic carbocycles. The molecule has 2 atom stereocenters. The quantitative estimate of drug-likeness (QED) is 0.0328. The summed E-state index contributed by atoms with van der Waals surface area (Å²) >= 11 is 0. The van der Waals surface area contributed by atoms with Gasteiger partial charge in [0.1, 0.15) is 19.3 Å². The largest absolute Gasteiger partial charge is 0.465 e. The molecule has 0 spiro atoms. The summed E-state index contributed by atoms with van der Waals surface area (Å²) in [4.78, 5) is 65.4. The number of carbonyl (C=O) groups excluding carboxylic acids is 5. The molecule has 0 bridgehead atoms. The second kappa shape index (κ2) is 47.4. The van der Waals surface area contributed by atoms with Crippen molar-refractivity contribution < 1.29 is 47.7 Å². The van der Waals surface area contributed by atoms with Gasteiger partial charge in [0.25, 0.3) is 0 Å². The van der Waals surface area contributed by atoms with Crippen molar-refractivity contribution in [2.75, 3.05) is 40.5 Å². The number of hydrogen-bond acceptors (Lipinski definition) is 11. The van der Waals surface area contributed by atoms with Gasteiger partial charge in [0.2, 0.25) is 0 Å². The highest BCUT2D eigenvalue weighted by Crippen LogP contribution is 2.21. The Labute approximate surface area is 405 Å². The second-order valence-electron chi connectivity index (χ2n) is 19.3. The Bertz CT molecular complexity index is 1150. The SMILES string of the molecule is CCCCCCCCC(CCCCCC)COC(=O)CCCCCC(=O)OCC(COC(=O)CCCCC(=O)OC(CCCCCCCC)CCCCCCCC)OC(=O)CCCN(C)C. The number of esters is 5. The average Bonchev–Trinajstić information content (AvgIpc) is 3.29. The zero-order chi connectivity index (χ0) is 48.7. The van der Waals surface area contributed by atoms with Gasteiger partial charge in [-0.2, -0.15) is 0 Å². The lowest BCUT2D eigenvalue weighted by atomic mass is 9.95. The molecule has 11 nitrogen and oxygen atoms in total. The van der Waals surface area contributed by atoms with Crippen molar-refractivity contribution in [3.05, 3.63) is 0 Å². The lowest BCUT2D eigenvalue weighted by Gasteiger charge is -2.19. The van der Waals surface area contributed by atoms with E-state index in [0.717, 1.165) is 38.5 Å². The van der Waals surface area contributed by atoms with Crippen LogP contribution < -0.4 is 0 Å². The maximum atomic E-state index is 12.8. The van der Waals surface area contributed by atoms with Crippen LogP contribution in [0, 0.1) is 5.92 Å². The van der Waals surface area contributed by atoms with Crippen molar-refractivity contribution in [2.24, 2.45) is 5.92 Å². The minimum absolute atomic E-state index is 0.0422. The van der Waals surface area contributed by atoms with Crippen LogP contribution in [-0.4, -0.2) is 87.4 Å². The fraction of sp³-hybridized carbons (Fsp3) is 0.909. The third kappa shape index (κ3) is 43.9. The third-order valence-electron chi connectivity index (χ3n) is 12.4. The summed E-state index contributed by atoms with van der Waals surface area (Å²) < 4.78 is 28.2. The number of ether oxygens (including phenoxy) is 5. The van der Waals surface area contributed by atoms with Crippen LogP contribution in [0.3, 0.4) is 0 Å². The Morgan fingerprint density at radius 3 is 1.06 bits per heavy atom. The Hall–Kier alpha value is -2.69. The summed E-state index contributed by atoms with van der Waals surface area (Å²) in [6.45, 7) is 9.67. The number of carbonyl (C=O) groups is 5. The zero-order valence-corrected chi connectivity index (χ0v) is 43.8. The maximum absolute atomic E-state index is 12.8. The van der Waals surface area contributed by atoms with Gasteiger partial charge >= 0.3 is 29.8 Å². The Kier molecular flexibility index (Phi) is 45.4. The molecule has 0 aliphatic rings. The van der Waals surface area contributed by atoms with E-state index in [-0.39, 0.29) is 56.9 Å². The fourth-order valence-corrected chi connectivity index (χ4v) is 8.15. The Morgan fingerprint density at radius 1 is 0.333 bits per heavy atom. The monoisotopic (exact) mass is 938 g/mol. The van der Waals surface area contributed by atoms with Crippen molar-refractivity contribution in [2.45, 2.75) is 277 Å². The molecule has 0 aromatic heterocycles. The molecule has 0 rings (SSSR count). The molecule has 0 amide bonds. The molecular formula is C55H103NO10. The standard InChI is InChI=1S/C55H103NO10/c1-7-11-15-19-22-27-36-48(35-26-18-14-10-4)45-62-51(57)39-30-25-31-40-52(58)63-46-50(66-55(61)43-34-44-56(5)6)47-64-53(59)41-32-33-42-54(60)65-49(37-28-23-20-16-12-8-2)38-29-24-21-17-13-9-3/h48-50H,7-47H2,1-6H3. The van der Waals surface area contributed by atoms with E-state index in [9.17, 15) is 24.0 Å². The van der Waals surface area contributed by atoms with E-state index in [2.05, 4.69) is 27.7 Å². The molecule has 0 aliphatic carbocycles. The first-order chi connectivity index (χ1) is 32.0. The van der Waals surface area contributed by atoms with Crippen LogP contribution in [0.5, 0.6) is 0 Å². The fourth-order valence-electron chi connectivity index (χ4n) is 8.15. The summed E-state index contributed by atoms with van der Waals surface area (Å²) in [5.74, 6) is -1.31. The predicted molar refractivity (Wildman–Crippen MR) is 268 cm³/mol. The summed E-state index contributed by atoms with van der Waals surface area (Å²) in [6, 6.07) is 0. The van der Waals surface area contributed by atoms with Gasteiger partial charge in [0.15, 0.2) is 6.10 Å². The van der Waals surface area contributed by atoms with Crippen LogP contribution >= 0.6 is 0 Å². The minimum atomic E-state index is -0.929. The minimum Gasteiger partial charge on any atom is -0.465 e. The average molecular weight is 938 g/mol. The van der Waals surface area contributed by atoms with Crippen LogP contribution in [0.1, 0.15) is 265 Å². The van der Waals surface area contributed by atoms with E-state index < -0.39 is 24.0 Å². The van der Waals surface area contributed by atoms with Crippen LogP contribution in [0.2, 0.25) is 0 Å². The predicted octanol–water partition coefficient (Wildman–Crippen LogP) is 14.1. The molecule has 0 saturated heterocycles. The first kappa shape index (κ1) is 63.3. The molecule has 0 heterocycles. The van der Waals surface area contributed by atoms with Gasteiger partial charge in [-0.1, -0.05) is 163 Å². The molecule has 0 fully saturated rings. The number of nitrogens with zero attached hydrogens (tertiary/aromatic N) is 1. The lowest BCUT2D eigenvalue weighted by Crippen LogP contribution is -2.31. The van der Waals surface area contributed by atoms with Crippen LogP contribution in [-0.2, 0) is 47.7 Å². The van der Waals surface area contributed by atoms with Gasteiger partial charge < -0.3 is 28.6 Å². The molecule has 388 valence electrons. The molecule has 66 heavy (non-hydrogen) atoms. The maximum Gasteiger partial charge on any atom is 0.306 e. The third-order valence-corrected chi connectivity index (χ3v) is 12.4. The smallest absolute Gasteiger partial charge is 0.306 e. The number of hydrogen-bond donors (Lipinski definition) is 0. The highest BCUT2D eigenvalue weighted by Gasteiger charge is 2.21. The van der Waals surface area contributed by atoms with Gasteiger partial charge in [-0.15, -0.1) is 0 Å². The van der Waals surface area contributed by atoms with E-state index >= 15 is 0 Å². The van der Waals surface area contributed by atoms with E-state index in [0.29, 0.717) is 64.0 Å². The Morgan fingerprint density at radius 2 is 0.636 bits per heavy atom. The normalized spacial score (nSPS) is 12.3. The second-order valence-corrected chi connectivity index (χ2v) is 19.3. The van der Waals surface area contributed by atoms with E-state index in [4.69, 9.17) is 23.7 Å². The molecule has 0 aliphatic heterocycles. The van der Waals surface area contributed by atoms with E-state index in [1.165, 1.54) is 128 Å². The van der Waals surface area contributed by atoms with Gasteiger partial charge in [-0.25, -0.2) is 0 Å². The van der Waals surface area contributed by atoms with Crippen molar-refractivity contribution in [3.63, 3.8) is 0 Å². The summed E-state index contributed by atoms with van der Waals surface area (Å²) in [7, 11) is 3.85. The van der Waals surface area contributed by atoms with Crippen LogP contribution in [0.4, 0.5) is 0 Å². The molecule has 0 aromatic rings. The van der Waals surface area contributed by atoms with Crippen molar-refractivity contribution >= 4 is 29.8 Å². The highest BCUT2D eigenvalue weighted by molar-refractivity contribution is 5.72. The molecule has 2 unspecified atom stereocenters. The summed E-state index contributed by atoms with van der Waals surface area (Å²) in [5.41, 5.74) is 0. The summed E-state index contributed by atoms with van der Waals surface area (Å²) in [5, 5.41) is 0. The zero-order valence-electron chi connectivity index (χ0n) is 43.8. The number of rotatable bonds is 49. The first-order valence-corrected chi connectivity index (χ1v) is 27.5. The molecular weight excluding hydrogens is 835 g/mol. The molecule has 0 N–H and O–H groups in total. The highest BCUT2D eigenvalue weighted by atomic mass is 16.6. The molecule has 0 radical (unpaired) electrons. The van der Waals surface area contributed by atoms with E-state index in [1.807, 2.05) is 19.0 Å². The number of unbranched alkanes of at least 4 members (excludes halogenated alkanes) is 21. The van der Waals surface area contributed by atoms with Crippen LogP contribution in [0.25, 0.3) is 0 Å². The van der Waals surface area contributed by atoms with Crippen molar-refractivity contribution in [1.29, 1.82) is 0 Å². The first-order valence-electron chi connectivity index (χ1n) is 27.5. The van der Waals surface area contributed by atoms with E-state index in [1.54, 1.807) is 0 Å². The van der Waals surface area contributed by atoms with Crippen molar-refractivity contribution in [3.8, 4) is 0 Å². The van der Waals surface area contributed by atoms with Gasteiger partial charge in [-0.05, 0) is 97.2 Å². The summed E-state index contributed by atoms with van der Waals surface area (Å²) in [6.07, 6.45) is 34.5. The molecule has 0 saturated carbocycles. The van der Waals surface area contributed by atoms with Crippen LogP contribution in [0.15, 0.2) is 0 Å². The molecule has 11 heteroatoms. The lowest BCUT2D eigenvalue weighted by molar-refractivity contribution is -0.167. The van der Waals surface area contributed by atoms with Gasteiger partial charge in [0, 0.05) is 32.1 Å². The Balaban J connectivity index is 4.76. The van der Waals surface area contributed by atoms with Crippen molar-refractivity contribution in [1.82, 2.24) is 4.90 Å². The van der Waals surface area contributed by atoms with Gasteiger partial charge in [-0.3, -0.25) is 24.0 Å².